The van der Waals surface area contributed by atoms with Crippen LogP contribution >= 0.6 is 0 Å². The van der Waals surface area contributed by atoms with Gasteiger partial charge in [0.2, 0.25) is 0 Å². The molecule has 1 aliphatic carbocycles. The van der Waals surface area contributed by atoms with Gasteiger partial charge in [-0.05, 0) is 38.2 Å². The third-order valence-electron chi connectivity index (χ3n) is 4.16. The van der Waals surface area contributed by atoms with Gasteiger partial charge in [0.15, 0.2) is 5.78 Å². The fourth-order valence-electron chi connectivity index (χ4n) is 2.74. The summed E-state index contributed by atoms with van der Waals surface area (Å²) in [5, 5.41) is 0. The van der Waals surface area contributed by atoms with E-state index in [9.17, 15) is 9.59 Å². The van der Waals surface area contributed by atoms with Crippen LogP contribution in [-0.4, -0.2) is 18.9 Å². The number of allylic oxidation sites excluding steroid dienone is 2. The number of ether oxygens (including phenoxy) is 1. The Morgan fingerprint density at radius 1 is 1.38 bits per heavy atom. The molecule has 2 rings (SSSR count). The molecular weight excluding hydrogens is 264 g/mol. The number of rotatable bonds is 5. The molecule has 21 heavy (non-hydrogen) atoms. The molecule has 0 heterocycles. The first-order valence-corrected chi connectivity index (χ1v) is 7.44. The third-order valence-corrected chi connectivity index (χ3v) is 4.16. The van der Waals surface area contributed by atoms with Crippen LogP contribution in [0.5, 0.6) is 0 Å². The van der Waals surface area contributed by atoms with Crippen LogP contribution in [0.2, 0.25) is 0 Å². The van der Waals surface area contributed by atoms with Crippen molar-refractivity contribution < 1.29 is 14.3 Å². The van der Waals surface area contributed by atoms with Crippen molar-refractivity contribution in [3.05, 3.63) is 47.5 Å². The van der Waals surface area contributed by atoms with Gasteiger partial charge in [0.1, 0.15) is 0 Å². The van der Waals surface area contributed by atoms with Crippen LogP contribution in [0.1, 0.15) is 48.5 Å². The number of aryl methyl sites for hydroxylation is 1. The molecular formula is C18H22O3. The Bertz CT molecular complexity index is 559. The van der Waals surface area contributed by atoms with E-state index in [1.54, 1.807) is 0 Å². The molecule has 0 saturated carbocycles. The first-order valence-electron chi connectivity index (χ1n) is 7.44. The maximum atomic E-state index is 12.6. The Morgan fingerprint density at radius 3 is 2.90 bits per heavy atom. The number of methoxy groups -OCH3 is 1. The summed E-state index contributed by atoms with van der Waals surface area (Å²) in [6, 6.07) is 7.85. The first kappa shape index (κ1) is 15.5. The smallest absolute Gasteiger partial charge is 0.305 e. The van der Waals surface area contributed by atoms with Crippen molar-refractivity contribution in [3.63, 3.8) is 0 Å². The number of hydrogen-bond acceptors (Lipinski definition) is 3. The second-order valence-corrected chi connectivity index (χ2v) is 5.77. The molecule has 0 N–H and O–H groups in total. The Kier molecular flexibility index (Phi) is 4.94. The minimum absolute atomic E-state index is 0.183. The normalized spacial score (nSPS) is 21.3. The maximum Gasteiger partial charge on any atom is 0.305 e. The summed E-state index contributed by atoms with van der Waals surface area (Å²) >= 11 is 0. The van der Waals surface area contributed by atoms with E-state index >= 15 is 0 Å². The summed E-state index contributed by atoms with van der Waals surface area (Å²) in [5.41, 5.74) is 1.59. The molecule has 0 fully saturated rings. The second-order valence-electron chi connectivity index (χ2n) is 5.77. The molecule has 0 spiro atoms. The van der Waals surface area contributed by atoms with Gasteiger partial charge < -0.3 is 4.74 Å². The molecule has 0 saturated heterocycles. The summed E-state index contributed by atoms with van der Waals surface area (Å²) in [6.45, 7) is 2.00. The summed E-state index contributed by atoms with van der Waals surface area (Å²) in [6.07, 6.45) is 7.79. The molecule has 1 unspecified atom stereocenters. The van der Waals surface area contributed by atoms with E-state index in [-0.39, 0.29) is 11.8 Å². The number of carbonyl (C=O) groups excluding carboxylic acids is 2. The lowest BCUT2D eigenvalue weighted by molar-refractivity contribution is -0.140. The largest absolute Gasteiger partial charge is 0.469 e. The first-order chi connectivity index (χ1) is 10.1. The summed E-state index contributed by atoms with van der Waals surface area (Å²) in [4.78, 5) is 23.7. The highest BCUT2D eigenvalue weighted by atomic mass is 16.5. The number of hydrogen-bond donors (Lipinski definition) is 0. The van der Waals surface area contributed by atoms with Crippen molar-refractivity contribution in [2.45, 2.75) is 39.0 Å². The molecule has 3 nitrogen and oxygen atoms in total. The van der Waals surface area contributed by atoms with Gasteiger partial charge in [0.05, 0.1) is 7.11 Å². The van der Waals surface area contributed by atoms with E-state index in [1.165, 1.54) is 7.11 Å². The molecule has 112 valence electrons. The molecule has 0 radical (unpaired) electrons. The highest BCUT2D eigenvalue weighted by Gasteiger charge is 2.35. The minimum atomic E-state index is -0.417. The molecule has 1 aliphatic rings. The van der Waals surface area contributed by atoms with E-state index in [1.807, 2.05) is 43.3 Å². The lowest BCUT2D eigenvalue weighted by atomic mass is 9.71. The fraction of sp³-hybridized carbons (Fsp3) is 0.444. The predicted octanol–water partition coefficient (Wildman–Crippen LogP) is 3.72. The van der Waals surface area contributed by atoms with Crippen molar-refractivity contribution in [2.24, 2.45) is 5.41 Å². The molecule has 0 aliphatic heterocycles. The molecule has 1 aromatic carbocycles. The summed E-state index contributed by atoms with van der Waals surface area (Å²) < 4.78 is 4.61. The highest BCUT2D eigenvalue weighted by Crippen LogP contribution is 2.36. The van der Waals surface area contributed by atoms with Gasteiger partial charge in [0, 0.05) is 17.4 Å². The number of Topliss-reactive ketones (excluding diaryl/α,β-unsaturated/α-hetero) is 1. The van der Waals surface area contributed by atoms with Crippen LogP contribution in [0.25, 0.3) is 0 Å². The standard InChI is InChI=1S/C18H22O3/c1-18(12-7-3-4-10-16(19)21-2)13-11-14-8-5-6-9-15(14)17(18)20/h5-9,12H,3-4,10-11,13H2,1-2H3/b12-7+. The molecule has 1 aromatic rings. The molecule has 1 atom stereocenters. The van der Waals surface area contributed by atoms with Crippen LogP contribution in [0.15, 0.2) is 36.4 Å². The maximum absolute atomic E-state index is 12.6. The zero-order valence-corrected chi connectivity index (χ0v) is 12.7. The third kappa shape index (κ3) is 3.60. The Labute approximate surface area is 126 Å². The van der Waals surface area contributed by atoms with Crippen LogP contribution in [0.4, 0.5) is 0 Å². The van der Waals surface area contributed by atoms with Crippen molar-refractivity contribution in [1.29, 1.82) is 0 Å². The summed E-state index contributed by atoms with van der Waals surface area (Å²) in [7, 11) is 1.40. The topological polar surface area (TPSA) is 43.4 Å². The number of unbranched alkanes of at least 4 members (excludes halogenated alkanes) is 1. The van der Waals surface area contributed by atoms with Gasteiger partial charge in [0.25, 0.3) is 0 Å². The van der Waals surface area contributed by atoms with Crippen LogP contribution < -0.4 is 0 Å². The van der Waals surface area contributed by atoms with Gasteiger partial charge in [-0.25, -0.2) is 0 Å². The van der Waals surface area contributed by atoms with Crippen LogP contribution in [0.3, 0.4) is 0 Å². The number of esters is 1. The van der Waals surface area contributed by atoms with Gasteiger partial charge in [-0.3, -0.25) is 9.59 Å². The van der Waals surface area contributed by atoms with E-state index in [2.05, 4.69) is 4.74 Å². The average Bonchev–Trinajstić information content (AvgIpc) is 2.51. The van der Waals surface area contributed by atoms with Crippen LogP contribution in [0, 0.1) is 5.41 Å². The zero-order valence-electron chi connectivity index (χ0n) is 12.7. The number of fused-ring (bicyclic) bond motifs is 1. The van der Waals surface area contributed by atoms with Crippen molar-refractivity contribution in [3.8, 4) is 0 Å². The van der Waals surface area contributed by atoms with Gasteiger partial charge in [-0.1, -0.05) is 36.4 Å². The summed E-state index contributed by atoms with van der Waals surface area (Å²) in [5.74, 6) is 0.0193. The molecule has 0 aromatic heterocycles. The monoisotopic (exact) mass is 286 g/mol. The van der Waals surface area contributed by atoms with E-state index < -0.39 is 5.41 Å². The quantitative estimate of drug-likeness (QED) is 0.470. The van der Waals surface area contributed by atoms with Crippen molar-refractivity contribution in [1.82, 2.24) is 0 Å². The highest BCUT2D eigenvalue weighted by molar-refractivity contribution is 6.03. The number of carbonyl (C=O) groups is 2. The van der Waals surface area contributed by atoms with Crippen molar-refractivity contribution in [2.75, 3.05) is 7.11 Å². The second kappa shape index (κ2) is 6.70. The van der Waals surface area contributed by atoms with E-state index in [0.717, 1.165) is 36.8 Å². The van der Waals surface area contributed by atoms with Gasteiger partial charge in [-0.2, -0.15) is 0 Å². The zero-order chi connectivity index (χ0) is 15.3. The Balaban J connectivity index is 1.97. The Morgan fingerprint density at radius 2 is 2.14 bits per heavy atom. The predicted molar refractivity (Wildman–Crippen MR) is 82.2 cm³/mol. The van der Waals surface area contributed by atoms with Crippen LogP contribution in [-0.2, 0) is 16.0 Å². The van der Waals surface area contributed by atoms with Gasteiger partial charge in [-0.15, -0.1) is 0 Å². The number of benzene rings is 1. The van der Waals surface area contributed by atoms with Gasteiger partial charge >= 0.3 is 5.97 Å². The lowest BCUT2D eigenvalue weighted by Gasteiger charge is -2.30. The molecule has 0 amide bonds. The van der Waals surface area contributed by atoms with Crippen molar-refractivity contribution >= 4 is 11.8 Å². The average molecular weight is 286 g/mol. The minimum Gasteiger partial charge on any atom is -0.469 e. The SMILES string of the molecule is COC(=O)CCC/C=C/C1(C)CCc2ccccc2C1=O. The molecule has 0 bridgehead atoms. The lowest BCUT2D eigenvalue weighted by Crippen LogP contribution is -2.31. The fourth-order valence-corrected chi connectivity index (χ4v) is 2.74. The Hall–Kier alpha value is -1.90. The van der Waals surface area contributed by atoms with E-state index in [4.69, 9.17) is 0 Å². The van der Waals surface area contributed by atoms with E-state index in [0.29, 0.717) is 6.42 Å². The number of ketones is 1. The molecule has 3 heteroatoms.